The first-order chi connectivity index (χ1) is 28.8. The summed E-state index contributed by atoms with van der Waals surface area (Å²) in [6, 6.07) is 49.8. The minimum absolute atomic E-state index is 0. The Morgan fingerprint density at radius 2 is 0.695 bits per heavy atom. The molecule has 11 heteroatoms. The van der Waals surface area contributed by atoms with E-state index < -0.39 is 0 Å². The van der Waals surface area contributed by atoms with Crippen LogP contribution in [0.25, 0.3) is 42.7 Å². The molecule has 0 aliphatic carbocycles. The Morgan fingerprint density at radius 3 is 1.07 bits per heavy atom. The fourth-order valence-corrected chi connectivity index (χ4v) is 10.3. The monoisotopic (exact) mass is 880 g/mol. The second-order valence-corrected chi connectivity index (χ2v) is 17.2. The van der Waals surface area contributed by atoms with Gasteiger partial charge in [-0.25, -0.2) is 0 Å². The zero-order chi connectivity index (χ0) is 38.4. The van der Waals surface area contributed by atoms with Crippen LogP contribution in [-0.4, -0.2) is 23.1 Å². The molecule has 0 fully saturated rings. The van der Waals surface area contributed by atoms with Crippen molar-refractivity contribution in [3.8, 4) is 21.1 Å². The molecule has 0 amide bonds. The van der Waals surface area contributed by atoms with E-state index in [1.54, 1.807) is 45.3 Å². The summed E-state index contributed by atoms with van der Waals surface area (Å²) in [6.07, 6.45) is 0. The van der Waals surface area contributed by atoms with Crippen LogP contribution in [0.4, 0.5) is 11.6 Å². The van der Waals surface area contributed by atoms with E-state index in [0.717, 1.165) is 109 Å². The van der Waals surface area contributed by atoms with Gasteiger partial charge in [0.05, 0.1) is 32.8 Å². The van der Waals surface area contributed by atoms with Crippen LogP contribution >= 0.6 is 45.3 Å². The van der Waals surface area contributed by atoms with Gasteiger partial charge in [-0.2, -0.15) is 0 Å². The number of hydrogen-bond acceptors (Lipinski definition) is 6. The first-order valence-electron chi connectivity index (χ1n) is 18.6. The van der Waals surface area contributed by atoms with Crippen molar-refractivity contribution in [3.05, 3.63) is 199 Å². The van der Waals surface area contributed by atoms with E-state index in [2.05, 4.69) is 143 Å². The molecule has 0 unspecified atom stereocenters. The van der Waals surface area contributed by atoms with Crippen molar-refractivity contribution in [2.45, 2.75) is 0 Å². The van der Waals surface area contributed by atoms with E-state index in [1.165, 1.54) is 0 Å². The van der Waals surface area contributed by atoms with Crippen molar-refractivity contribution in [1.29, 1.82) is 0 Å². The first-order valence-corrected chi connectivity index (χ1v) is 22.1. The Labute approximate surface area is 368 Å². The summed E-state index contributed by atoms with van der Waals surface area (Å²) < 4.78 is 0. The molecule has 2 aliphatic heterocycles. The van der Waals surface area contributed by atoms with Crippen LogP contribution in [0.15, 0.2) is 187 Å². The number of aliphatic imine (C=N–C) groups is 4. The van der Waals surface area contributed by atoms with Gasteiger partial charge in [-0.05, 0) is 90.4 Å². The maximum Gasteiger partial charge on any atom is 2.00 e. The van der Waals surface area contributed by atoms with Crippen LogP contribution in [0.2, 0.25) is 0 Å². The molecule has 8 heterocycles. The molecule has 12 rings (SSSR count). The molecule has 6 nitrogen and oxygen atoms in total. The number of benzene rings is 4. The van der Waals surface area contributed by atoms with Gasteiger partial charge in [-0.1, -0.05) is 121 Å². The van der Waals surface area contributed by atoms with Gasteiger partial charge < -0.3 is 20.0 Å². The third-order valence-corrected chi connectivity index (χ3v) is 13.5. The van der Waals surface area contributed by atoms with Gasteiger partial charge in [0.15, 0.2) is 0 Å². The Bertz CT molecular complexity index is 3000. The maximum atomic E-state index is 4.95. The van der Waals surface area contributed by atoms with E-state index >= 15 is 0 Å². The van der Waals surface area contributed by atoms with Crippen molar-refractivity contribution in [2.75, 3.05) is 0 Å². The number of fused-ring (bicyclic) bond motifs is 4. The van der Waals surface area contributed by atoms with E-state index in [-0.39, 0.29) is 19.5 Å². The number of aromatic nitrogens is 2. The van der Waals surface area contributed by atoms with Gasteiger partial charge in [-0.3, -0.25) is 9.98 Å². The molecule has 0 bridgehead atoms. The molecule has 0 spiro atoms. The molecule has 0 N–H and O–H groups in total. The summed E-state index contributed by atoms with van der Waals surface area (Å²) in [6.45, 7) is 0. The van der Waals surface area contributed by atoms with Gasteiger partial charge in [-0.15, -0.1) is 45.3 Å². The second kappa shape index (κ2) is 16.0. The zero-order valence-corrected chi connectivity index (χ0v) is 37.4. The smallest absolute Gasteiger partial charge is 0.434 e. The fourth-order valence-electron chi connectivity index (χ4n) is 7.39. The van der Waals surface area contributed by atoms with Crippen LogP contribution < -0.4 is 9.97 Å². The van der Waals surface area contributed by atoms with Crippen LogP contribution in [0.5, 0.6) is 0 Å². The predicted molar refractivity (Wildman–Crippen MR) is 246 cm³/mol. The average molecular weight is 882 g/mol. The SMILES string of the molecule is [Zn+2].c1csc(C2=N/C(=N\c3[n-]c(-c4cccs4)c4ccccc34)c3ccccc32)c1.c1csc(C2=N/C(=N\c3[n-]c(-c4cccs4)c4ccccc34)c3ccccc32)c1. The Kier molecular flexibility index (Phi) is 10.1. The molecule has 0 saturated heterocycles. The Hall–Kier alpha value is -5.94. The van der Waals surface area contributed by atoms with Crippen molar-refractivity contribution in [2.24, 2.45) is 20.0 Å². The molecule has 0 saturated carbocycles. The molecule has 6 aromatic heterocycles. The van der Waals surface area contributed by atoms with E-state index in [0.29, 0.717) is 0 Å². The molecular weight excluding hydrogens is 854 g/mol. The largest absolute Gasteiger partial charge is 2.00 e. The molecule has 4 aromatic carbocycles. The fraction of sp³-hybridized carbons (Fsp3) is 0. The van der Waals surface area contributed by atoms with Crippen LogP contribution in [0.1, 0.15) is 32.0 Å². The molecule has 59 heavy (non-hydrogen) atoms. The zero-order valence-electron chi connectivity index (χ0n) is 31.2. The number of nitrogens with zero attached hydrogens (tertiary/aromatic N) is 6. The summed E-state index contributed by atoms with van der Waals surface area (Å²) in [5.74, 6) is 2.91. The molecule has 276 valence electrons. The first kappa shape index (κ1) is 37.3. The van der Waals surface area contributed by atoms with E-state index in [1.807, 2.05) is 24.3 Å². The van der Waals surface area contributed by atoms with E-state index in [9.17, 15) is 0 Å². The molecule has 0 atom stereocenters. The van der Waals surface area contributed by atoms with Crippen molar-refractivity contribution in [1.82, 2.24) is 9.97 Å². The third-order valence-electron chi connectivity index (χ3n) is 10.0. The Morgan fingerprint density at radius 1 is 0.356 bits per heavy atom. The molecular formula is C48H28N6S4Zn. The van der Waals surface area contributed by atoms with Crippen molar-refractivity contribution in [3.63, 3.8) is 0 Å². The third kappa shape index (κ3) is 6.85. The summed E-state index contributed by atoms with van der Waals surface area (Å²) in [5.41, 5.74) is 8.33. The quantitative estimate of drug-likeness (QED) is 0.156. The normalized spacial score (nSPS) is 14.2. The summed E-state index contributed by atoms with van der Waals surface area (Å²) in [7, 11) is 0. The van der Waals surface area contributed by atoms with Gasteiger partial charge in [0.25, 0.3) is 0 Å². The number of amidine groups is 2. The number of rotatable bonds is 6. The maximum absolute atomic E-state index is 4.95. The molecule has 10 aromatic rings. The summed E-state index contributed by atoms with van der Waals surface area (Å²) >= 11 is 6.79. The van der Waals surface area contributed by atoms with Crippen molar-refractivity contribution >= 4 is 102 Å². The standard InChI is InChI=1S/2C24H14N3S2.Zn/c2*1-3-9-17-15(7-1)21(19-11-5-13-28-19)25-23(17)27-24-18-10-4-2-8-16(18)22(26-24)20-12-6-14-29-20;/h2*1-14H;/q2*-1;+2/b2*27-23-;. The molecule has 0 radical (unpaired) electrons. The minimum Gasteiger partial charge on any atom is -0.434 e. The average Bonchev–Trinajstić information content (AvgIpc) is 4.12. The van der Waals surface area contributed by atoms with E-state index in [4.69, 9.17) is 29.9 Å². The van der Waals surface area contributed by atoms with Gasteiger partial charge in [0.2, 0.25) is 0 Å². The predicted octanol–water partition coefficient (Wildman–Crippen LogP) is 13.0. The number of thiophene rings is 4. The van der Waals surface area contributed by atoms with Gasteiger partial charge in [0, 0.05) is 32.0 Å². The van der Waals surface area contributed by atoms with Crippen LogP contribution in [0.3, 0.4) is 0 Å². The molecule has 2 aliphatic rings. The topological polar surface area (TPSA) is 77.6 Å². The van der Waals surface area contributed by atoms with Crippen LogP contribution in [-0.2, 0) is 19.5 Å². The Balaban J connectivity index is 0.000000140. The van der Waals surface area contributed by atoms with Gasteiger partial charge >= 0.3 is 19.5 Å². The number of hydrogen-bond donors (Lipinski definition) is 0. The van der Waals surface area contributed by atoms with Crippen molar-refractivity contribution < 1.29 is 19.5 Å². The minimum atomic E-state index is 0. The summed E-state index contributed by atoms with van der Waals surface area (Å²) in [5, 5.41) is 12.7. The van der Waals surface area contributed by atoms with Gasteiger partial charge in [0.1, 0.15) is 0 Å². The summed E-state index contributed by atoms with van der Waals surface area (Å²) in [4.78, 5) is 34.2. The second-order valence-electron chi connectivity index (χ2n) is 13.5. The van der Waals surface area contributed by atoms with Crippen LogP contribution in [0, 0.1) is 0 Å².